The minimum absolute atomic E-state index is 0.447. The summed E-state index contributed by atoms with van der Waals surface area (Å²) < 4.78 is 0. The lowest BCUT2D eigenvalue weighted by molar-refractivity contribution is 0.139. The fourth-order valence-corrected chi connectivity index (χ4v) is 4.48. The standard InChI is InChI=1S/C18H36N2/c1-5-18(6-2)9-10-20(13-18)12-16-11-15(14(3)4)7-8-17(16)19/h14-17H,5-13,19H2,1-4H3. The minimum Gasteiger partial charge on any atom is -0.327 e. The van der Waals surface area contributed by atoms with Gasteiger partial charge in [0.05, 0.1) is 0 Å². The summed E-state index contributed by atoms with van der Waals surface area (Å²) in [5.74, 6) is 2.47. The van der Waals surface area contributed by atoms with Crippen molar-refractivity contribution < 1.29 is 0 Å². The van der Waals surface area contributed by atoms with E-state index in [1.165, 1.54) is 58.2 Å². The van der Waals surface area contributed by atoms with Crippen LogP contribution in [0.4, 0.5) is 0 Å². The molecule has 2 aliphatic rings. The van der Waals surface area contributed by atoms with Crippen molar-refractivity contribution in [3.05, 3.63) is 0 Å². The highest BCUT2D eigenvalue weighted by Gasteiger charge is 2.37. The Balaban J connectivity index is 1.89. The first kappa shape index (κ1) is 16.3. The summed E-state index contributed by atoms with van der Waals surface area (Å²) in [5.41, 5.74) is 7.03. The summed E-state index contributed by atoms with van der Waals surface area (Å²) in [6.45, 7) is 13.4. The first-order valence-electron chi connectivity index (χ1n) is 8.97. The number of likely N-dealkylation sites (tertiary alicyclic amines) is 1. The fourth-order valence-electron chi connectivity index (χ4n) is 4.48. The Morgan fingerprint density at radius 3 is 2.45 bits per heavy atom. The largest absolute Gasteiger partial charge is 0.327 e. The number of hydrogen-bond donors (Lipinski definition) is 1. The molecule has 0 bridgehead atoms. The molecule has 2 fully saturated rings. The molecule has 0 radical (unpaired) electrons. The molecule has 118 valence electrons. The highest BCUT2D eigenvalue weighted by Crippen LogP contribution is 2.39. The van der Waals surface area contributed by atoms with Crippen molar-refractivity contribution in [1.82, 2.24) is 4.90 Å². The zero-order valence-electron chi connectivity index (χ0n) is 14.2. The molecule has 1 saturated heterocycles. The lowest BCUT2D eigenvalue weighted by Crippen LogP contribution is -2.43. The monoisotopic (exact) mass is 280 g/mol. The molecule has 3 unspecified atom stereocenters. The molecular weight excluding hydrogens is 244 g/mol. The fraction of sp³-hybridized carbons (Fsp3) is 1.00. The number of hydrogen-bond acceptors (Lipinski definition) is 2. The summed E-state index contributed by atoms with van der Waals surface area (Å²) in [6, 6.07) is 0.447. The third-order valence-corrected chi connectivity index (χ3v) is 6.53. The van der Waals surface area contributed by atoms with Crippen molar-refractivity contribution in [3.8, 4) is 0 Å². The molecule has 0 aromatic heterocycles. The maximum absolute atomic E-state index is 6.43. The van der Waals surface area contributed by atoms with E-state index in [0.717, 1.165) is 17.8 Å². The molecule has 20 heavy (non-hydrogen) atoms. The Bertz CT molecular complexity index is 296. The lowest BCUT2D eigenvalue weighted by Gasteiger charge is -2.38. The zero-order valence-corrected chi connectivity index (χ0v) is 14.2. The van der Waals surface area contributed by atoms with Crippen LogP contribution in [-0.2, 0) is 0 Å². The van der Waals surface area contributed by atoms with Crippen LogP contribution in [0.1, 0.15) is 66.2 Å². The van der Waals surface area contributed by atoms with Gasteiger partial charge in [-0.1, -0.05) is 27.7 Å². The smallest absolute Gasteiger partial charge is 0.00795 e. The van der Waals surface area contributed by atoms with E-state index in [1.54, 1.807) is 0 Å². The highest BCUT2D eigenvalue weighted by molar-refractivity contribution is 4.91. The van der Waals surface area contributed by atoms with E-state index in [2.05, 4.69) is 32.6 Å². The predicted molar refractivity (Wildman–Crippen MR) is 87.7 cm³/mol. The summed E-state index contributed by atoms with van der Waals surface area (Å²) >= 11 is 0. The molecule has 2 N–H and O–H groups in total. The van der Waals surface area contributed by atoms with Crippen molar-refractivity contribution in [2.45, 2.75) is 72.3 Å². The molecule has 1 aliphatic heterocycles. The van der Waals surface area contributed by atoms with Crippen LogP contribution in [0.25, 0.3) is 0 Å². The van der Waals surface area contributed by atoms with Gasteiger partial charge in [-0.15, -0.1) is 0 Å². The van der Waals surface area contributed by atoms with Gasteiger partial charge in [-0.25, -0.2) is 0 Å². The number of rotatable bonds is 5. The normalized spacial score (nSPS) is 34.8. The molecule has 1 aliphatic carbocycles. The Morgan fingerprint density at radius 2 is 1.90 bits per heavy atom. The van der Waals surface area contributed by atoms with Crippen LogP contribution < -0.4 is 5.73 Å². The molecule has 0 amide bonds. The third-order valence-electron chi connectivity index (χ3n) is 6.53. The summed E-state index contributed by atoms with van der Waals surface area (Å²) in [5, 5.41) is 0. The van der Waals surface area contributed by atoms with Crippen LogP contribution in [-0.4, -0.2) is 30.6 Å². The molecular formula is C18H36N2. The van der Waals surface area contributed by atoms with E-state index in [0.29, 0.717) is 11.5 Å². The average molecular weight is 281 g/mol. The molecule has 2 nitrogen and oxygen atoms in total. The van der Waals surface area contributed by atoms with Crippen molar-refractivity contribution in [1.29, 1.82) is 0 Å². The molecule has 0 aromatic carbocycles. The van der Waals surface area contributed by atoms with Gasteiger partial charge in [-0.3, -0.25) is 0 Å². The minimum atomic E-state index is 0.447. The Kier molecular flexibility index (Phi) is 5.53. The van der Waals surface area contributed by atoms with Crippen LogP contribution in [0, 0.1) is 23.2 Å². The summed E-state index contributed by atoms with van der Waals surface area (Å²) in [6.07, 6.45) is 8.03. The van der Waals surface area contributed by atoms with Gasteiger partial charge in [0.1, 0.15) is 0 Å². The van der Waals surface area contributed by atoms with E-state index >= 15 is 0 Å². The number of nitrogens with two attached hydrogens (primary N) is 1. The molecule has 1 heterocycles. The van der Waals surface area contributed by atoms with Crippen LogP contribution in [0.5, 0.6) is 0 Å². The summed E-state index contributed by atoms with van der Waals surface area (Å²) in [7, 11) is 0. The quantitative estimate of drug-likeness (QED) is 0.827. The first-order valence-corrected chi connectivity index (χ1v) is 8.97. The van der Waals surface area contributed by atoms with Gasteiger partial charge >= 0.3 is 0 Å². The third kappa shape index (κ3) is 3.57. The van der Waals surface area contributed by atoms with Crippen molar-refractivity contribution in [2.24, 2.45) is 28.9 Å². The molecule has 0 spiro atoms. The van der Waals surface area contributed by atoms with Crippen molar-refractivity contribution >= 4 is 0 Å². The van der Waals surface area contributed by atoms with Gasteiger partial charge in [-0.2, -0.15) is 0 Å². The van der Waals surface area contributed by atoms with E-state index in [9.17, 15) is 0 Å². The maximum atomic E-state index is 6.43. The van der Waals surface area contributed by atoms with E-state index in [-0.39, 0.29) is 0 Å². The second-order valence-electron chi connectivity index (χ2n) is 7.93. The van der Waals surface area contributed by atoms with E-state index in [1.807, 2.05) is 0 Å². The summed E-state index contributed by atoms with van der Waals surface area (Å²) in [4.78, 5) is 2.72. The van der Waals surface area contributed by atoms with Crippen LogP contribution in [0.2, 0.25) is 0 Å². The molecule has 3 atom stereocenters. The van der Waals surface area contributed by atoms with Crippen molar-refractivity contribution in [3.63, 3.8) is 0 Å². The van der Waals surface area contributed by atoms with Gasteiger partial charge in [-0.05, 0) is 68.2 Å². The van der Waals surface area contributed by atoms with Crippen LogP contribution in [0.3, 0.4) is 0 Å². The van der Waals surface area contributed by atoms with Gasteiger partial charge in [0.25, 0.3) is 0 Å². The molecule has 2 heteroatoms. The van der Waals surface area contributed by atoms with Gasteiger partial charge < -0.3 is 10.6 Å². The molecule has 0 aromatic rings. The Hall–Kier alpha value is -0.0800. The SMILES string of the molecule is CCC1(CC)CCN(CC2CC(C(C)C)CCC2N)C1. The molecule has 1 saturated carbocycles. The second kappa shape index (κ2) is 6.79. The van der Waals surface area contributed by atoms with Crippen LogP contribution >= 0.6 is 0 Å². The Labute approximate surface area is 126 Å². The van der Waals surface area contributed by atoms with Gasteiger partial charge in [0.2, 0.25) is 0 Å². The van der Waals surface area contributed by atoms with Gasteiger partial charge in [0, 0.05) is 19.1 Å². The lowest BCUT2D eigenvalue weighted by atomic mass is 9.73. The maximum Gasteiger partial charge on any atom is 0.00795 e. The van der Waals surface area contributed by atoms with E-state index in [4.69, 9.17) is 5.73 Å². The van der Waals surface area contributed by atoms with Crippen LogP contribution in [0.15, 0.2) is 0 Å². The molecule has 2 rings (SSSR count). The topological polar surface area (TPSA) is 29.3 Å². The highest BCUT2D eigenvalue weighted by atomic mass is 15.2. The number of nitrogens with zero attached hydrogens (tertiary/aromatic N) is 1. The average Bonchev–Trinajstić information content (AvgIpc) is 2.85. The zero-order chi connectivity index (χ0) is 14.8. The van der Waals surface area contributed by atoms with Gasteiger partial charge in [0.15, 0.2) is 0 Å². The van der Waals surface area contributed by atoms with E-state index < -0.39 is 0 Å². The predicted octanol–water partition coefficient (Wildman–Crippen LogP) is 3.90. The second-order valence-corrected chi connectivity index (χ2v) is 7.93. The van der Waals surface area contributed by atoms with Crippen molar-refractivity contribution in [2.75, 3.05) is 19.6 Å². The Morgan fingerprint density at radius 1 is 1.20 bits per heavy atom. The first-order chi connectivity index (χ1) is 9.49.